The van der Waals surface area contributed by atoms with Crippen molar-refractivity contribution in [2.75, 3.05) is 51.6 Å². The van der Waals surface area contributed by atoms with Crippen LogP contribution in [0.2, 0.25) is 0 Å². The number of quaternary nitrogens is 1. The lowest BCUT2D eigenvalue weighted by atomic mass is 10.0. The first-order valence-electron chi connectivity index (χ1n) is 8.41. The minimum absolute atomic E-state index is 0.116. The molecular weight excluding hydrogens is 328 g/mol. The highest BCUT2D eigenvalue weighted by Crippen LogP contribution is 2.39. The van der Waals surface area contributed by atoms with Gasteiger partial charge in [-0.2, -0.15) is 0 Å². The van der Waals surface area contributed by atoms with Gasteiger partial charge in [-0.15, -0.1) is 11.8 Å². The van der Waals surface area contributed by atoms with Gasteiger partial charge in [0.15, 0.2) is 0 Å². The zero-order valence-electron chi connectivity index (χ0n) is 13.6. The maximum atomic E-state index is 11.9. The summed E-state index contributed by atoms with van der Waals surface area (Å²) in [6, 6.07) is -0.571. The molecule has 0 radical (unpaired) electrons. The van der Waals surface area contributed by atoms with Crippen molar-refractivity contribution in [2.24, 2.45) is 5.73 Å². The minimum Gasteiger partial charge on any atom is -0.477 e. The third-order valence-corrected chi connectivity index (χ3v) is 7.05. The maximum Gasteiger partial charge on any atom is 0.352 e. The van der Waals surface area contributed by atoms with E-state index in [1.807, 2.05) is 6.08 Å². The van der Waals surface area contributed by atoms with E-state index in [1.165, 1.54) is 24.5 Å². The third kappa shape index (κ3) is 2.48. The molecule has 0 unspecified atom stereocenters. The number of hydrogen-bond donors (Lipinski definition) is 2. The van der Waals surface area contributed by atoms with Gasteiger partial charge in [0, 0.05) is 25.4 Å². The van der Waals surface area contributed by atoms with E-state index in [2.05, 4.69) is 11.0 Å². The number of carboxylic acid groups (broad SMARTS) is 1. The van der Waals surface area contributed by atoms with Crippen LogP contribution in [-0.2, 0) is 9.59 Å². The van der Waals surface area contributed by atoms with Gasteiger partial charge in [0.05, 0.1) is 26.2 Å². The molecule has 4 saturated heterocycles. The Hall–Kier alpha value is -1.35. The molecule has 0 aliphatic carbocycles. The number of nitrogens with zero attached hydrogens (tertiary/aromatic N) is 3. The Kier molecular flexibility index (Phi) is 3.95. The predicted octanol–water partition coefficient (Wildman–Crippen LogP) is -0.730. The number of β-lactam (4-membered cyclic amide) rings is 1. The third-order valence-electron chi connectivity index (χ3n) is 5.72. The van der Waals surface area contributed by atoms with Crippen LogP contribution >= 0.6 is 11.8 Å². The van der Waals surface area contributed by atoms with Crippen molar-refractivity contribution in [3.8, 4) is 0 Å². The molecule has 24 heavy (non-hydrogen) atoms. The Morgan fingerprint density at radius 2 is 2.00 bits per heavy atom. The lowest BCUT2D eigenvalue weighted by molar-refractivity contribution is -0.935. The highest BCUT2D eigenvalue weighted by atomic mass is 32.2. The monoisotopic (exact) mass is 351 g/mol. The second-order valence-electron chi connectivity index (χ2n) is 7.05. The fourth-order valence-electron chi connectivity index (χ4n) is 4.09. The van der Waals surface area contributed by atoms with Crippen molar-refractivity contribution < 1.29 is 19.2 Å². The van der Waals surface area contributed by atoms with Crippen LogP contribution in [0.15, 0.2) is 23.4 Å². The topological polar surface area (TPSA) is 86.9 Å². The molecule has 3 N–H and O–H groups in total. The molecule has 0 spiro atoms. The van der Waals surface area contributed by atoms with E-state index >= 15 is 0 Å². The molecular formula is C16H23N4O3S+. The summed E-state index contributed by atoms with van der Waals surface area (Å²) in [5.41, 5.74) is 6.61. The van der Waals surface area contributed by atoms with Gasteiger partial charge in [0.1, 0.15) is 17.1 Å². The van der Waals surface area contributed by atoms with Gasteiger partial charge in [-0.3, -0.25) is 14.6 Å². The molecule has 5 heterocycles. The summed E-state index contributed by atoms with van der Waals surface area (Å²) in [6.07, 6.45) is 4.02. The molecule has 8 heteroatoms. The van der Waals surface area contributed by atoms with E-state index in [9.17, 15) is 14.7 Å². The van der Waals surface area contributed by atoms with Crippen molar-refractivity contribution >= 4 is 23.6 Å². The predicted molar refractivity (Wildman–Crippen MR) is 91.0 cm³/mol. The quantitative estimate of drug-likeness (QED) is 0.513. The number of aliphatic carboxylic acids is 1. The summed E-state index contributed by atoms with van der Waals surface area (Å²) < 4.78 is 1.10. The van der Waals surface area contributed by atoms with E-state index in [-0.39, 0.29) is 17.0 Å². The summed E-state index contributed by atoms with van der Waals surface area (Å²) in [5, 5.41) is 9.32. The Balaban J connectivity index is 1.51. The van der Waals surface area contributed by atoms with Gasteiger partial charge in [-0.25, -0.2) is 4.79 Å². The first kappa shape index (κ1) is 16.1. The van der Waals surface area contributed by atoms with Crippen molar-refractivity contribution in [3.63, 3.8) is 0 Å². The van der Waals surface area contributed by atoms with Crippen LogP contribution in [0.3, 0.4) is 0 Å². The molecule has 5 rings (SSSR count). The smallest absolute Gasteiger partial charge is 0.352 e. The fraction of sp³-hybridized carbons (Fsp3) is 0.625. The number of carboxylic acids is 1. The Morgan fingerprint density at radius 1 is 1.33 bits per heavy atom. The highest BCUT2D eigenvalue weighted by molar-refractivity contribution is 8.00. The number of thioether (sulfide) groups is 1. The number of carbonyl (C=O) groups is 2. The zero-order chi connectivity index (χ0) is 16.9. The van der Waals surface area contributed by atoms with E-state index < -0.39 is 12.0 Å². The maximum absolute atomic E-state index is 11.9. The Labute approximate surface area is 145 Å². The molecule has 5 aliphatic rings. The molecule has 0 aromatic rings. The molecule has 0 saturated carbocycles. The Morgan fingerprint density at radius 3 is 2.62 bits per heavy atom. The molecule has 0 aromatic heterocycles. The number of rotatable bonds is 4. The molecule has 130 valence electrons. The summed E-state index contributed by atoms with van der Waals surface area (Å²) in [5.74, 6) is -0.739. The summed E-state index contributed by atoms with van der Waals surface area (Å²) in [4.78, 5) is 27.4. The second-order valence-corrected chi connectivity index (χ2v) is 8.16. The van der Waals surface area contributed by atoms with Crippen LogP contribution in [0.5, 0.6) is 0 Å². The van der Waals surface area contributed by atoms with Crippen molar-refractivity contribution in [2.45, 2.75) is 11.4 Å². The molecule has 0 aromatic carbocycles. The van der Waals surface area contributed by atoms with Crippen molar-refractivity contribution in [1.82, 2.24) is 9.80 Å². The van der Waals surface area contributed by atoms with Crippen LogP contribution in [-0.4, -0.2) is 94.2 Å². The average Bonchev–Trinajstić information content (AvgIpc) is 2.61. The highest BCUT2D eigenvalue weighted by Gasteiger charge is 2.51. The standard InChI is InChI=1S/C16H22N4O3S/c17-12-14(21)19-13(16(22)23)11(10-24-15(12)19)2-1-6-20-7-3-18(4-8-20)5-9-20/h1-2,12,15H,3-10,17H2/p+1/t12-,15-/m1/s1. The van der Waals surface area contributed by atoms with Crippen LogP contribution in [0, 0.1) is 0 Å². The van der Waals surface area contributed by atoms with Gasteiger partial charge in [0.2, 0.25) is 5.91 Å². The van der Waals surface area contributed by atoms with Crippen LogP contribution < -0.4 is 5.73 Å². The van der Waals surface area contributed by atoms with E-state index in [0.29, 0.717) is 5.75 Å². The first-order valence-corrected chi connectivity index (χ1v) is 9.46. The largest absolute Gasteiger partial charge is 0.477 e. The first-order chi connectivity index (χ1) is 11.5. The van der Waals surface area contributed by atoms with Crippen LogP contribution in [0.1, 0.15) is 0 Å². The van der Waals surface area contributed by atoms with E-state index in [1.54, 1.807) is 11.8 Å². The van der Waals surface area contributed by atoms with Gasteiger partial charge in [-0.1, -0.05) is 6.08 Å². The number of allylic oxidation sites excluding steroid dienone is 1. The summed E-state index contributed by atoms with van der Waals surface area (Å²) in [6.45, 7) is 7.94. The van der Waals surface area contributed by atoms with Gasteiger partial charge >= 0.3 is 5.97 Å². The number of carbonyl (C=O) groups excluding carboxylic acids is 1. The van der Waals surface area contributed by atoms with Crippen molar-refractivity contribution in [1.29, 1.82) is 0 Å². The molecule has 4 fully saturated rings. The minimum atomic E-state index is -1.04. The molecule has 1 amide bonds. The molecule has 2 atom stereocenters. The fourth-order valence-corrected chi connectivity index (χ4v) is 5.36. The van der Waals surface area contributed by atoms with Gasteiger partial charge in [-0.05, 0) is 11.6 Å². The lowest BCUT2D eigenvalue weighted by Crippen LogP contribution is -2.68. The lowest BCUT2D eigenvalue weighted by Gasteiger charge is -2.50. The van der Waals surface area contributed by atoms with E-state index in [4.69, 9.17) is 5.73 Å². The number of piperazine rings is 3. The van der Waals surface area contributed by atoms with Gasteiger partial charge < -0.3 is 15.3 Å². The Bertz CT molecular complexity index is 625. The SMILES string of the molecule is N[C@@H]1C(=O)N2C(C(=O)O)=C(C=CC[N+]34CCN(CC3)CC4)CS[C@H]12. The average molecular weight is 351 g/mol. The summed E-state index contributed by atoms with van der Waals surface area (Å²) >= 11 is 1.55. The molecule has 2 bridgehead atoms. The second kappa shape index (κ2) is 5.87. The van der Waals surface area contributed by atoms with Crippen LogP contribution in [0.4, 0.5) is 0 Å². The van der Waals surface area contributed by atoms with E-state index in [0.717, 1.165) is 36.2 Å². The normalized spacial score (nSPS) is 38.5. The number of nitrogens with two attached hydrogens (primary N) is 1. The van der Waals surface area contributed by atoms with Crippen LogP contribution in [0.25, 0.3) is 0 Å². The molecule has 7 nitrogen and oxygen atoms in total. The van der Waals surface area contributed by atoms with Gasteiger partial charge in [0.25, 0.3) is 0 Å². The number of fused-ring (bicyclic) bond motifs is 4. The molecule has 5 aliphatic heterocycles. The number of hydrogen-bond acceptors (Lipinski definition) is 5. The zero-order valence-corrected chi connectivity index (χ0v) is 14.4. The summed E-state index contributed by atoms with van der Waals surface area (Å²) in [7, 11) is 0. The number of amides is 1. The van der Waals surface area contributed by atoms with Crippen molar-refractivity contribution in [3.05, 3.63) is 23.4 Å².